The lowest BCUT2D eigenvalue weighted by Gasteiger charge is -2.57. The Bertz CT molecular complexity index is 371. The topological polar surface area (TPSA) is 69.1 Å². The van der Waals surface area contributed by atoms with Gasteiger partial charge in [-0.2, -0.15) is 0 Å². The number of carbonyl (C=O) groups excluding carboxylic acids is 1. The van der Waals surface area contributed by atoms with Crippen molar-refractivity contribution in [1.29, 1.82) is 0 Å². The molecule has 132 valence electrons. The zero-order valence-electron chi connectivity index (χ0n) is 14.8. The molecule has 0 heterocycles. The van der Waals surface area contributed by atoms with Crippen molar-refractivity contribution in [3.63, 3.8) is 0 Å². The molecule has 1 amide bonds. The minimum atomic E-state index is -0.0392. The van der Waals surface area contributed by atoms with Gasteiger partial charge in [-0.3, -0.25) is 4.79 Å². The van der Waals surface area contributed by atoms with Gasteiger partial charge in [0.2, 0.25) is 5.91 Å². The number of hydrogen-bond donors (Lipinski definition) is 2. The molecule has 23 heavy (non-hydrogen) atoms. The minimum absolute atomic E-state index is 0.0392. The summed E-state index contributed by atoms with van der Waals surface area (Å²) in [5, 5.41) is 0. The molecule has 3 nitrogen and oxygen atoms in total. The lowest BCUT2D eigenvalue weighted by molar-refractivity contribution is -0.126. The summed E-state index contributed by atoms with van der Waals surface area (Å²) in [5.74, 6) is 2.98. The Kier molecular flexibility index (Phi) is 5.66. The smallest absolute Gasteiger partial charge is 0.220 e. The van der Waals surface area contributed by atoms with Crippen LogP contribution < -0.4 is 11.5 Å². The molecule has 4 bridgehead atoms. The molecule has 0 aromatic carbocycles. The van der Waals surface area contributed by atoms with E-state index in [0.717, 1.165) is 50.0 Å². The molecule has 3 heteroatoms. The number of primary amides is 1. The van der Waals surface area contributed by atoms with Crippen molar-refractivity contribution >= 4 is 5.91 Å². The summed E-state index contributed by atoms with van der Waals surface area (Å²) >= 11 is 0. The average molecular weight is 321 g/mol. The number of nitrogens with two attached hydrogens (primary N) is 2. The quantitative estimate of drug-likeness (QED) is 0.597. The van der Waals surface area contributed by atoms with Crippen LogP contribution in [0.25, 0.3) is 0 Å². The highest BCUT2D eigenvalue weighted by molar-refractivity contribution is 5.76. The van der Waals surface area contributed by atoms with E-state index in [1.807, 2.05) is 0 Å². The average Bonchev–Trinajstić information content (AvgIpc) is 2.48. The predicted molar refractivity (Wildman–Crippen MR) is 94.7 cm³/mol. The second-order valence-corrected chi connectivity index (χ2v) is 9.07. The molecule has 4 aliphatic carbocycles. The molecule has 4 saturated carbocycles. The van der Waals surface area contributed by atoms with Crippen LogP contribution >= 0.6 is 0 Å². The van der Waals surface area contributed by atoms with E-state index >= 15 is 0 Å². The summed E-state index contributed by atoms with van der Waals surface area (Å²) in [5.41, 5.74) is 11.8. The molecule has 0 spiro atoms. The van der Waals surface area contributed by atoms with Crippen LogP contribution in [0.3, 0.4) is 0 Å². The Morgan fingerprint density at radius 3 is 1.96 bits per heavy atom. The molecule has 4 aliphatic rings. The molecule has 0 saturated heterocycles. The standard InChI is InChI=1S/C20H36N2O/c21-7-5-3-1-2-4-6-18(19(22)23)14-20-11-15-8-16(12-20)10-17(9-15)13-20/h15-18H,1-14,21H2,(H2,22,23). The fourth-order valence-electron chi connectivity index (χ4n) is 6.47. The Labute approximate surface area is 141 Å². The van der Waals surface area contributed by atoms with E-state index in [0.29, 0.717) is 5.41 Å². The van der Waals surface area contributed by atoms with E-state index in [1.54, 1.807) is 0 Å². The number of unbranched alkanes of at least 4 members (excludes halogenated alkanes) is 4. The number of amides is 1. The first-order valence-corrected chi connectivity index (χ1v) is 10.1. The van der Waals surface area contributed by atoms with E-state index < -0.39 is 0 Å². The maximum absolute atomic E-state index is 12.0. The first kappa shape index (κ1) is 17.3. The highest BCUT2D eigenvalue weighted by Crippen LogP contribution is 2.62. The van der Waals surface area contributed by atoms with E-state index in [9.17, 15) is 4.79 Å². The Hall–Kier alpha value is -0.570. The fourth-order valence-corrected chi connectivity index (χ4v) is 6.47. The highest BCUT2D eigenvalue weighted by Gasteiger charge is 2.51. The van der Waals surface area contributed by atoms with Crippen LogP contribution in [0.2, 0.25) is 0 Å². The van der Waals surface area contributed by atoms with Gasteiger partial charge < -0.3 is 11.5 Å². The van der Waals surface area contributed by atoms with E-state index in [2.05, 4.69) is 0 Å². The number of hydrogen-bond acceptors (Lipinski definition) is 2. The molecule has 0 aromatic rings. The van der Waals surface area contributed by atoms with Gasteiger partial charge in [0.1, 0.15) is 0 Å². The molecule has 1 unspecified atom stereocenters. The van der Waals surface area contributed by atoms with Crippen molar-refractivity contribution in [2.75, 3.05) is 6.54 Å². The summed E-state index contributed by atoms with van der Waals surface area (Å²) in [6, 6.07) is 0. The summed E-state index contributed by atoms with van der Waals surface area (Å²) in [4.78, 5) is 12.0. The third-order valence-corrected chi connectivity index (χ3v) is 7.00. The number of rotatable bonds is 10. The normalized spacial score (nSPS) is 36.3. The van der Waals surface area contributed by atoms with Crippen LogP contribution in [-0.2, 0) is 4.79 Å². The molecule has 0 aromatic heterocycles. The van der Waals surface area contributed by atoms with Gasteiger partial charge in [0, 0.05) is 5.92 Å². The van der Waals surface area contributed by atoms with Crippen molar-refractivity contribution in [2.24, 2.45) is 40.6 Å². The van der Waals surface area contributed by atoms with Crippen LogP contribution in [0, 0.1) is 29.1 Å². The Balaban J connectivity index is 1.48. The molecular formula is C20H36N2O. The van der Waals surface area contributed by atoms with Crippen molar-refractivity contribution in [2.45, 2.75) is 83.5 Å². The molecule has 4 fully saturated rings. The van der Waals surface area contributed by atoms with Crippen molar-refractivity contribution < 1.29 is 4.79 Å². The summed E-state index contributed by atoms with van der Waals surface area (Å²) < 4.78 is 0. The second kappa shape index (κ2) is 7.55. The molecule has 0 aliphatic heterocycles. The van der Waals surface area contributed by atoms with Crippen LogP contribution in [0.5, 0.6) is 0 Å². The van der Waals surface area contributed by atoms with Gasteiger partial charge in [-0.25, -0.2) is 0 Å². The molecule has 0 radical (unpaired) electrons. The van der Waals surface area contributed by atoms with Gasteiger partial charge in [-0.1, -0.05) is 25.7 Å². The second-order valence-electron chi connectivity index (χ2n) is 9.07. The lowest BCUT2D eigenvalue weighted by atomic mass is 9.48. The van der Waals surface area contributed by atoms with E-state index in [1.165, 1.54) is 57.8 Å². The van der Waals surface area contributed by atoms with E-state index in [-0.39, 0.29) is 11.8 Å². The SMILES string of the molecule is NCCCCCCCC(CC12CC3CC(CC(C3)C1)C2)C(N)=O. The maximum Gasteiger partial charge on any atom is 0.220 e. The maximum atomic E-state index is 12.0. The monoisotopic (exact) mass is 320 g/mol. The molecular weight excluding hydrogens is 284 g/mol. The van der Waals surface area contributed by atoms with Gasteiger partial charge in [0.15, 0.2) is 0 Å². The largest absolute Gasteiger partial charge is 0.369 e. The van der Waals surface area contributed by atoms with Gasteiger partial charge in [0.05, 0.1) is 0 Å². The summed E-state index contributed by atoms with van der Waals surface area (Å²) in [7, 11) is 0. The third kappa shape index (κ3) is 4.29. The molecule has 4 rings (SSSR count). The summed E-state index contributed by atoms with van der Waals surface area (Å²) in [6.07, 6.45) is 16.7. The highest BCUT2D eigenvalue weighted by atomic mass is 16.1. The lowest BCUT2D eigenvalue weighted by Crippen LogP contribution is -2.47. The van der Waals surface area contributed by atoms with Crippen molar-refractivity contribution in [1.82, 2.24) is 0 Å². The van der Waals surface area contributed by atoms with Gasteiger partial charge >= 0.3 is 0 Å². The Morgan fingerprint density at radius 2 is 1.43 bits per heavy atom. The summed E-state index contributed by atoms with van der Waals surface area (Å²) in [6.45, 7) is 0.802. The zero-order valence-corrected chi connectivity index (χ0v) is 14.8. The van der Waals surface area contributed by atoms with E-state index in [4.69, 9.17) is 11.5 Å². The van der Waals surface area contributed by atoms with Crippen LogP contribution in [0.15, 0.2) is 0 Å². The van der Waals surface area contributed by atoms with Crippen molar-refractivity contribution in [3.8, 4) is 0 Å². The van der Waals surface area contributed by atoms with Crippen LogP contribution in [-0.4, -0.2) is 12.5 Å². The first-order valence-electron chi connectivity index (χ1n) is 10.1. The number of carbonyl (C=O) groups is 1. The first-order chi connectivity index (χ1) is 11.1. The van der Waals surface area contributed by atoms with Gasteiger partial charge in [0.25, 0.3) is 0 Å². The van der Waals surface area contributed by atoms with Crippen molar-refractivity contribution in [3.05, 3.63) is 0 Å². The fraction of sp³-hybridized carbons (Fsp3) is 0.950. The van der Waals surface area contributed by atoms with Crippen LogP contribution in [0.1, 0.15) is 83.5 Å². The Morgan fingerprint density at radius 1 is 0.913 bits per heavy atom. The predicted octanol–water partition coefficient (Wildman–Crippen LogP) is 3.99. The molecule has 1 atom stereocenters. The third-order valence-electron chi connectivity index (χ3n) is 7.00. The van der Waals surface area contributed by atoms with Gasteiger partial charge in [-0.15, -0.1) is 0 Å². The molecule has 4 N–H and O–H groups in total. The minimum Gasteiger partial charge on any atom is -0.369 e. The zero-order chi connectivity index (χ0) is 16.3. The van der Waals surface area contributed by atoms with Gasteiger partial charge in [-0.05, 0) is 87.5 Å². The van der Waals surface area contributed by atoms with Crippen LogP contribution in [0.4, 0.5) is 0 Å².